The second kappa shape index (κ2) is 14.9. The largest absolute Gasteiger partial charge is 0.524 e. The molecule has 2 aromatic heterocycles. The standard InChI is InChI=1S/C30H33N6O10P/c1-5-13-32-28(38)23-15-35-25(19(23)4)26(33-16-34-35)36(24-14-21(8-7-18(24)3)27(37)31-6-2)30(40)45-17-44-29(39)20-9-11-22(12-10-20)46-47(41,42)43/h7-12,14-16H,5-6,13,17H2,1-4H3,(H,31,37)(H,32,38)(H2,41,42,43). The maximum absolute atomic E-state index is 13.8. The Balaban J connectivity index is 1.68. The number of aromatic nitrogens is 3. The van der Waals surface area contributed by atoms with E-state index in [1.807, 2.05) is 6.92 Å². The average Bonchev–Trinajstić information content (AvgIpc) is 3.37. The van der Waals surface area contributed by atoms with Crippen molar-refractivity contribution in [3.8, 4) is 5.75 Å². The number of phosphoric ester groups is 1. The number of aryl methyl sites for hydroxylation is 2. The van der Waals surface area contributed by atoms with Gasteiger partial charge in [0.15, 0.2) is 5.82 Å². The predicted octanol–water partition coefficient (Wildman–Crippen LogP) is 3.80. The van der Waals surface area contributed by atoms with Crippen LogP contribution in [0.5, 0.6) is 5.75 Å². The first-order valence-corrected chi connectivity index (χ1v) is 15.9. The first kappa shape index (κ1) is 34.6. The molecule has 0 aliphatic carbocycles. The molecule has 0 radical (unpaired) electrons. The van der Waals surface area contributed by atoms with Gasteiger partial charge in [-0.2, -0.15) is 5.10 Å². The Hall–Kier alpha value is -5.31. The van der Waals surface area contributed by atoms with E-state index >= 15 is 0 Å². The van der Waals surface area contributed by atoms with E-state index in [1.54, 1.807) is 32.9 Å². The van der Waals surface area contributed by atoms with E-state index in [0.717, 1.165) is 23.5 Å². The third kappa shape index (κ3) is 8.30. The molecule has 0 saturated carbocycles. The number of rotatable bonds is 12. The first-order valence-electron chi connectivity index (χ1n) is 14.3. The molecule has 0 saturated heterocycles. The van der Waals surface area contributed by atoms with E-state index < -0.39 is 26.7 Å². The lowest BCUT2D eigenvalue weighted by atomic mass is 10.1. The van der Waals surface area contributed by atoms with Gasteiger partial charge in [0.2, 0.25) is 6.79 Å². The van der Waals surface area contributed by atoms with Crippen LogP contribution in [-0.2, 0) is 14.0 Å². The first-order chi connectivity index (χ1) is 22.3. The van der Waals surface area contributed by atoms with Crippen molar-refractivity contribution < 1.29 is 47.5 Å². The van der Waals surface area contributed by atoms with E-state index in [1.165, 1.54) is 35.2 Å². The van der Waals surface area contributed by atoms with E-state index in [4.69, 9.17) is 19.3 Å². The fraction of sp³-hybridized carbons (Fsp3) is 0.267. The molecule has 16 nitrogen and oxygen atoms in total. The van der Waals surface area contributed by atoms with Gasteiger partial charge in [-0.15, -0.1) is 0 Å². The van der Waals surface area contributed by atoms with E-state index in [0.29, 0.717) is 35.3 Å². The number of esters is 1. The summed E-state index contributed by atoms with van der Waals surface area (Å²) in [6.45, 7) is 7.08. The third-order valence-electron chi connectivity index (χ3n) is 6.72. The molecule has 0 unspecified atom stereocenters. The van der Waals surface area contributed by atoms with Crippen molar-refractivity contribution in [3.63, 3.8) is 0 Å². The Morgan fingerprint density at radius 2 is 1.66 bits per heavy atom. The van der Waals surface area contributed by atoms with Gasteiger partial charge < -0.3 is 24.6 Å². The van der Waals surface area contributed by atoms with Gasteiger partial charge >= 0.3 is 19.9 Å². The van der Waals surface area contributed by atoms with Crippen LogP contribution in [0.2, 0.25) is 0 Å². The number of anilines is 2. The molecule has 4 aromatic rings. The number of hydrogen-bond donors (Lipinski definition) is 4. The van der Waals surface area contributed by atoms with Crippen LogP contribution in [0.15, 0.2) is 55.0 Å². The zero-order valence-corrected chi connectivity index (χ0v) is 26.8. The molecule has 47 heavy (non-hydrogen) atoms. The van der Waals surface area contributed by atoms with Crippen LogP contribution in [0.4, 0.5) is 16.3 Å². The highest BCUT2D eigenvalue weighted by Crippen LogP contribution is 2.37. The maximum atomic E-state index is 13.8. The van der Waals surface area contributed by atoms with Gasteiger partial charge in [0.1, 0.15) is 17.6 Å². The molecule has 17 heteroatoms. The quantitative estimate of drug-likeness (QED) is 0.0965. The number of fused-ring (bicyclic) bond motifs is 1. The van der Waals surface area contributed by atoms with E-state index in [2.05, 4.69) is 25.2 Å². The Morgan fingerprint density at radius 1 is 0.957 bits per heavy atom. The molecule has 0 spiro atoms. The second-order valence-electron chi connectivity index (χ2n) is 10.1. The van der Waals surface area contributed by atoms with Crippen molar-refractivity contribution in [1.82, 2.24) is 25.2 Å². The van der Waals surface area contributed by atoms with Crippen LogP contribution < -0.4 is 20.1 Å². The number of benzene rings is 2. The van der Waals surface area contributed by atoms with Crippen LogP contribution in [0.3, 0.4) is 0 Å². The van der Waals surface area contributed by atoms with Gasteiger partial charge in [-0.3, -0.25) is 19.4 Å². The van der Waals surface area contributed by atoms with Crippen molar-refractivity contribution in [1.29, 1.82) is 0 Å². The molecule has 0 atom stereocenters. The zero-order valence-electron chi connectivity index (χ0n) is 25.9. The van der Waals surface area contributed by atoms with Gasteiger partial charge in [-0.25, -0.2) is 28.6 Å². The number of ether oxygens (including phenoxy) is 2. The number of nitrogens with zero attached hydrogens (tertiary/aromatic N) is 4. The number of carbonyl (C=O) groups excluding carboxylic acids is 4. The van der Waals surface area contributed by atoms with Crippen LogP contribution in [0.25, 0.3) is 5.52 Å². The lowest BCUT2D eigenvalue weighted by molar-refractivity contribution is -0.0000787. The maximum Gasteiger partial charge on any atom is 0.524 e. The predicted molar refractivity (Wildman–Crippen MR) is 168 cm³/mol. The summed E-state index contributed by atoms with van der Waals surface area (Å²) in [6.07, 6.45) is 2.40. The SMILES string of the molecule is CCCNC(=O)c1cn2ncnc(N(C(=O)OCOC(=O)c3ccc(OP(=O)(O)O)cc3)c3cc(C(=O)NCC)ccc3C)c2c1C. The second-order valence-corrected chi connectivity index (χ2v) is 11.2. The molecule has 248 valence electrons. The van der Waals surface area contributed by atoms with Crippen LogP contribution >= 0.6 is 7.82 Å². The van der Waals surface area contributed by atoms with Gasteiger partial charge in [0.05, 0.1) is 16.8 Å². The molecule has 2 heterocycles. The van der Waals surface area contributed by atoms with Gasteiger partial charge in [-0.1, -0.05) is 13.0 Å². The van der Waals surface area contributed by atoms with Crippen molar-refractivity contribution >= 4 is 48.7 Å². The molecule has 4 rings (SSSR count). The summed E-state index contributed by atoms with van der Waals surface area (Å²) >= 11 is 0. The highest BCUT2D eigenvalue weighted by atomic mass is 31.2. The number of phosphoric acid groups is 1. The smallest absolute Gasteiger partial charge is 0.424 e. The number of carbonyl (C=O) groups is 4. The lowest BCUT2D eigenvalue weighted by Crippen LogP contribution is -2.31. The minimum absolute atomic E-state index is 0.0170. The summed E-state index contributed by atoms with van der Waals surface area (Å²) in [7, 11) is -4.79. The summed E-state index contributed by atoms with van der Waals surface area (Å²) in [5.74, 6) is -1.77. The summed E-state index contributed by atoms with van der Waals surface area (Å²) in [4.78, 5) is 75.4. The molecule has 4 N–H and O–H groups in total. The van der Waals surface area contributed by atoms with Crippen molar-refractivity contribution in [2.45, 2.75) is 34.1 Å². The lowest BCUT2D eigenvalue weighted by Gasteiger charge is -2.24. The van der Waals surface area contributed by atoms with Crippen molar-refractivity contribution in [2.24, 2.45) is 0 Å². The molecule has 2 aromatic carbocycles. The van der Waals surface area contributed by atoms with Crippen molar-refractivity contribution in [2.75, 3.05) is 24.8 Å². The fourth-order valence-electron chi connectivity index (χ4n) is 4.49. The third-order valence-corrected chi connectivity index (χ3v) is 7.17. The minimum atomic E-state index is -4.79. The molecular weight excluding hydrogens is 635 g/mol. The summed E-state index contributed by atoms with van der Waals surface area (Å²) in [5, 5.41) is 9.75. The van der Waals surface area contributed by atoms with Crippen LogP contribution in [-0.4, -0.2) is 68.1 Å². The van der Waals surface area contributed by atoms with Crippen molar-refractivity contribution in [3.05, 3.63) is 82.8 Å². The summed E-state index contributed by atoms with van der Waals surface area (Å²) in [5.41, 5.74) is 2.12. The molecular formula is C30H33N6O10P. The molecule has 3 amide bonds. The average molecular weight is 669 g/mol. The Bertz CT molecular complexity index is 1850. The minimum Gasteiger partial charge on any atom is -0.424 e. The molecule has 0 bridgehead atoms. The topological polar surface area (TPSA) is 211 Å². The van der Waals surface area contributed by atoms with Crippen LogP contribution in [0.1, 0.15) is 62.5 Å². The monoisotopic (exact) mass is 668 g/mol. The number of nitrogens with one attached hydrogen (secondary N) is 2. The highest BCUT2D eigenvalue weighted by Gasteiger charge is 2.29. The zero-order chi connectivity index (χ0) is 34.3. The van der Waals surface area contributed by atoms with E-state index in [-0.39, 0.29) is 40.2 Å². The Morgan fingerprint density at radius 3 is 2.32 bits per heavy atom. The highest BCUT2D eigenvalue weighted by molar-refractivity contribution is 7.46. The number of amides is 3. The molecule has 0 aliphatic rings. The Labute approximate surface area is 268 Å². The van der Waals surface area contributed by atoms with E-state index in [9.17, 15) is 23.7 Å². The normalized spacial score (nSPS) is 11.1. The fourth-order valence-corrected chi connectivity index (χ4v) is 4.89. The molecule has 0 aliphatic heterocycles. The summed E-state index contributed by atoms with van der Waals surface area (Å²) < 4.78 is 27.4. The Kier molecular flexibility index (Phi) is 10.9. The van der Waals surface area contributed by atoms with Gasteiger partial charge in [0.25, 0.3) is 11.8 Å². The summed E-state index contributed by atoms with van der Waals surface area (Å²) in [6, 6.07) is 9.46. The molecule has 0 fully saturated rings. The van der Waals surface area contributed by atoms with Crippen LogP contribution in [0, 0.1) is 13.8 Å². The number of hydrogen-bond acceptors (Lipinski definition) is 10. The van der Waals surface area contributed by atoms with Gasteiger partial charge in [-0.05, 0) is 74.7 Å². The van der Waals surface area contributed by atoms with Gasteiger partial charge in [0, 0.05) is 24.8 Å².